The zero-order valence-corrected chi connectivity index (χ0v) is 7.67. The number of aromatic amines is 1. The molecule has 2 rings (SSSR count). The Morgan fingerprint density at radius 3 is 2.85 bits per heavy atom. The summed E-state index contributed by atoms with van der Waals surface area (Å²) in [5.41, 5.74) is 0.607. The molecule has 0 atom stereocenters. The first-order chi connectivity index (χ1) is 6.07. The largest absolute Gasteiger partial charge is 0.365 e. The van der Waals surface area contributed by atoms with Gasteiger partial charge >= 0.3 is 0 Å². The van der Waals surface area contributed by atoms with Crippen LogP contribution in [0.15, 0.2) is 23.7 Å². The molecule has 0 radical (unpaired) electrons. The normalized spacial score (nSPS) is 12.1. The predicted molar refractivity (Wildman–Crippen MR) is 47.0 cm³/mol. The van der Waals surface area contributed by atoms with E-state index in [0.717, 1.165) is 11.6 Å². The first-order valence-corrected chi connectivity index (χ1v) is 5.46. The molecule has 0 aliphatic carbocycles. The van der Waals surface area contributed by atoms with Crippen LogP contribution >= 0.6 is 0 Å². The third-order valence-corrected chi connectivity index (χ3v) is 2.48. The van der Waals surface area contributed by atoms with Gasteiger partial charge in [0, 0.05) is 30.2 Å². The molecule has 0 aliphatic rings. The molecule has 68 valence electrons. The maximum atomic E-state index is 11.1. The molecule has 13 heavy (non-hydrogen) atoms. The number of hydrogen-bond donors (Lipinski definition) is 1. The lowest BCUT2D eigenvalue weighted by atomic mass is 10.4. The van der Waals surface area contributed by atoms with Crippen molar-refractivity contribution < 1.29 is 8.42 Å². The van der Waals surface area contributed by atoms with Crippen LogP contribution in [-0.4, -0.2) is 29.6 Å². The highest BCUT2D eigenvalue weighted by molar-refractivity contribution is 7.90. The number of nitrogens with one attached hydrogen (secondary N) is 1. The molecular formula is C7H7N3O2S. The molecule has 5 nitrogen and oxygen atoms in total. The molecule has 0 unspecified atom stereocenters. The molecule has 0 spiro atoms. The Hall–Kier alpha value is -1.43. The van der Waals surface area contributed by atoms with Crippen molar-refractivity contribution in [2.24, 2.45) is 0 Å². The van der Waals surface area contributed by atoms with E-state index in [1.807, 2.05) is 0 Å². The second-order valence-corrected chi connectivity index (χ2v) is 4.63. The van der Waals surface area contributed by atoms with Crippen molar-refractivity contribution in [1.29, 1.82) is 0 Å². The van der Waals surface area contributed by atoms with Crippen molar-refractivity contribution in [3.63, 3.8) is 0 Å². The predicted octanol–water partition coefficient (Wildman–Crippen LogP) is 0.361. The van der Waals surface area contributed by atoms with Gasteiger partial charge in [0.1, 0.15) is 0 Å². The molecule has 6 heteroatoms. The van der Waals surface area contributed by atoms with Crippen LogP contribution in [0.25, 0.3) is 10.9 Å². The number of sulfone groups is 1. The summed E-state index contributed by atoms with van der Waals surface area (Å²) in [6, 6.07) is 0. The van der Waals surface area contributed by atoms with Gasteiger partial charge in [0.15, 0.2) is 0 Å². The first-order valence-electron chi connectivity index (χ1n) is 3.57. The van der Waals surface area contributed by atoms with E-state index in [1.54, 1.807) is 12.4 Å². The van der Waals surface area contributed by atoms with Gasteiger partial charge in [0.05, 0.1) is 5.52 Å². The van der Waals surface area contributed by atoms with Gasteiger partial charge in [0.2, 0.25) is 15.0 Å². The molecule has 1 N–H and O–H groups in total. The Balaban J connectivity index is 2.75. The molecule has 0 aliphatic heterocycles. The Kier molecular flexibility index (Phi) is 1.59. The minimum atomic E-state index is -3.31. The van der Waals surface area contributed by atoms with E-state index in [4.69, 9.17) is 0 Å². The second-order valence-electron chi connectivity index (χ2n) is 2.72. The van der Waals surface area contributed by atoms with E-state index >= 15 is 0 Å². The van der Waals surface area contributed by atoms with Gasteiger partial charge in [-0.1, -0.05) is 0 Å². The van der Waals surface area contributed by atoms with Crippen LogP contribution in [0.4, 0.5) is 0 Å². The fourth-order valence-corrected chi connectivity index (χ4v) is 1.51. The van der Waals surface area contributed by atoms with E-state index in [1.165, 1.54) is 6.20 Å². The lowest BCUT2D eigenvalue weighted by molar-refractivity contribution is 0.594. The number of rotatable bonds is 1. The van der Waals surface area contributed by atoms with Crippen LogP contribution in [0.5, 0.6) is 0 Å². The molecular weight excluding hydrogens is 190 g/mol. The molecule has 2 aromatic heterocycles. The maximum absolute atomic E-state index is 11.1. The van der Waals surface area contributed by atoms with Crippen molar-refractivity contribution >= 4 is 20.7 Å². The van der Waals surface area contributed by atoms with Crippen LogP contribution in [0, 0.1) is 0 Å². The number of aromatic nitrogens is 3. The van der Waals surface area contributed by atoms with Crippen LogP contribution in [0.3, 0.4) is 0 Å². The fraction of sp³-hybridized carbons (Fsp3) is 0.143. The minimum Gasteiger partial charge on any atom is -0.365 e. The molecule has 0 fully saturated rings. The monoisotopic (exact) mass is 197 g/mol. The summed E-state index contributed by atoms with van der Waals surface area (Å²) in [4.78, 5) is 10.4. The number of H-pyrrole nitrogens is 1. The average Bonchev–Trinajstić information content (AvgIpc) is 2.47. The van der Waals surface area contributed by atoms with Gasteiger partial charge < -0.3 is 4.98 Å². The van der Waals surface area contributed by atoms with Gasteiger partial charge in [-0.2, -0.15) is 0 Å². The summed E-state index contributed by atoms with van der Waals surface area (Å²) in [7, 11) is -3.31. The molecule has 0 bridgehead atoms. The van der Waals surface area contributed by atoms with E-state index in [2.05, 4.69) is 15.0 Å². The van der Waals surface area contributed by atoms with E-state index in [9.17, 15) is 8.42 Å². The van der Waals surface area contributed by atoms with Crippen molar-refractivity contribution in [3.05, 3.63) is 18.6 Å². The van der Waals surface area contributed by atoms with Crippen LogP contribution in [0.2, 0.25) is 0 Å². The number of fused-ring (bicyclic) bond motifs is 1. The Morgan fingerprint density at radius 1 is 1.38 bits per heavy atom. The Labute approximate surface area is 74.8 Å². The van der Waals surface area contributed by atoms with Crippen LogP contribution in [0.1, 0.15) is 0 Å². The van der Waals surface area contributed by atoms with E-state index in [-0.39, 0.29) is 5.16 Å². The smallest absolute Gasteiger partial charge is 0.247 e. The quantitative estimate of drug-likeness (QED) is 0.670. The summed E-state index contributed by atoms with van der Waals surface area (Å²) >= 11 is 0. The Morgan fingerprint density at radius 2 is 2.15 bits per heavy atom. The number of nitrogens with zero attached hydrogens (tertiary/aromatic N) is 2. The lowest BCUT2D eigenvalue weighted by Crippen LogP contribution is -2.02. The average molecular weight is 197 g/mol. The Bertz CT molecular complexity index is 544. The lowest BCUT2D eigenvalue weighted by Gasteiger charge is -1.94. The van der Waals surface area contributed by atoms with Gasteiger partial charge in [-0.05, 0) is 0 Å². The van der Waals surface area contributed by atoms with Crippen LogP contribution < -0.4 is 0 Å². The third-order valence-electron chi connectivity index (χ3n) is 1.62. The van der Waals surface area contributed by atoms with Crippen LogP contribution in [-0.2, 0) is 9.84 Å². The third kappa shape index (κ3) is 1.40. The molecule has 2 heterocycles. The van der Waals surface area contributed by atoms with Gasteiger partial charge in [-0.3, -0.25) is 0 Å². The first kappa shape index (κ1) is 8.18. The second kappa shape index (κ2) is 2.53. The van der Waals surface area contributed by atoms with Crippen molar-refractivity contribution in [2.75, 3.05) is 6.26 Å². The maximum Gasteiger partial charge on any atom is 0.247 e. The van der Waals surface area contributed by atoms with E-state index < -0.39 is 9.84 Å². The summed E-state index contributed by atoms with van der Waals surface area (Å²) in [5.74, 6) is 0. The van der Waals surface area contributed by atoms with Crippen molar-refractivity contribution in [1.82, 2.24) is 15.0 Å². The summed E-state index contributed by atoms with van der Waals surface area (Å²) < 4.78 is 22.1. The molecule has 0 amide bonds. The van der Waals surface area contributed by atoms with Gasteiger partial charge in [-0.15, -0.1) is 0 Å². The number of hydrogen-bond acceptors (Lipinski definition) is 4. The highest BCUT2D eigenvalue weighted by Crippen LogP contribution is 2.10. The highest BCUT2D eigenvalue weighted by Gasteiger charge is 2.11. The summed E-state index contributed by atoms with van der Waals surface area (Å²) in [6.07, 6.45) is 5.91. The highest BCUT2D eigenvalue weighted by atomic mass is 32.2. The fourth-order valence-electron chi connectivity index (χ4n) is 1.00. The zero-order valence-electron chi connectivity index (χ0n) is 6.85. The van der Waals surface area contributed by atoms with Crippen molar-refractivity contribution in [3.8, 4) is 0 Å². The van der Waals surface area contributed by atoms with Crippen molar-refractivity contribution in [2.45, 2.75) is 5.16 Å². The van der Waals surface area contributed by atoms with Gasteiger partial charge in [0.25, 0.3) is 0 Å². The standard InChI is InChI=1S/C7H7N3O2S/c1-13(11,12)7-9-3-5-2-8-4-6(5)10-7/h2-4,8H,1H3. The summed E-state index contributed by atoms with van der Waals surface area (Å²) in [6.45, 7) is 0. The molecule has 0 saturated carbocycles. The topological polar surface area (TPSA) is 75.7 Å². The minimum absolute atomic E-state index is 0.139. The molecule has 0 aromatic carbocycles. The molecule has 2 aromatic rings. The molecule has 0 saturated heterocycles. The summed E-state index contributed by atoms with van der Waals surface area (Å²) in [5, 5.41) is 0.659. The van der Waals surface area contributed by atoms with E-state index in [0.29, 0.717) is 5.52 Å². The SMILES string of the molecule is CS(=O)(=O)c1ncc2c[nH]cc2n1. The van der Waals surface area contributed by atoms with Gasteiger partial charge in [-0.25, -0.2) is 18.4 Å². The zero-order chi connectivity index (χ0) is 9.47.